The van der Waals surface area contributed by atoms with Gasteiger partial charge in [-0.1, -0.05) is 103 Å². The number of ether oxygens (including phenoxy) is 1. The number of hydrogen-bond donors (Lipinski definition) is 10. The van der Waals surface area contributed by atoms with Gasteiger partial charge in [0.2, 0.25) is 11.8 Å². The number of nitrogens with one attached hydrogen (secondary N) is 2. The molecule has 3 rings (SSSR count). The minimum absolute atomic E-state index is 0. The Labute approximate surface area is 415 Å². The van der Waals surface area contributed by atoms with Gasteiger partial charge in [-0.05, 0) is 6.42 Å². The van der Waals surface area contributed by atoms with Gasteiger partial charge in [-0.15, -0.1) is 0 Å². The van der Waals surface area contributed by atoms with Gasteiger partial charge >= 0.3 is 23.5 Å². The molecule has 1 radical (unpaired) electrons. The molecule has 1 aliphatic heterocycles. The van der Waals surface area contributed by atoms with Crippen molar-refractivity contribution in [1.29, 1.82) is 0 Å². The summed E-state index contributed by atoms with van der Waals surface area (Å²) < 4.78 is 62.4. The second-order valence-electron chi connectivity index (χ2n) is 16.5. The van der Waals surface area contributed by atoms with Gasteiger partial charge in [0, 0.05) is 66.7 Å². The maximum atomic E-state index is 12.7. The van der Waals surface area contributed by atoms with E-state index >= 15 is 0 Å². The first-order chi connectivity index (χ1) is 30.9. The summed E-state index contributed by atoms with van der Waals surface area (Å²) in [5.41, 5.74) is 4.25. The van der Waals surface area contributed by atoms with Crippen LogP contribution in [0.25, 0.3) is 11.2 Å². The number of aromatic nitrogens is 4. The quantitative estimate of drug-likeness (QED) is 0.0279. The minimum atomic E-state index is -5.58. The van der Waals surface area contributed by atoms with E-state index in [9.17, 15) is 63.0 Å². The third-order valence-electron chi connectivity index (χ3n) is 10.3. The van der Waals surface area contributed by atoms with Crippen LogP contribution in [0.5, 0.6) is 0 Å². The van der Waals surface area contributed by atoms with Crippen LogP contribution in [-0.2, 0) is 50.7 Å². The summed E-state index contributed by atoms with van der Waals surface area (Å²) in [5, 5.41) is 36.6. The molecule has 0 aliphatic carbocycles. The van der Waals surface area contributed by atoms with E-state index in [1.165, 1.54) is 65.2 Å². The fourth-order valence-electron chi connectivity index (χ4n) is 6.69. The Morgan fingerprint density at radius 2 is 1.52 bits per heavy atom. The molecule has 30 heteroatoms. The Morgan fingerprint density at radius 1 is 0.910 bits per heavy atom. The third kappa shape index (κ3) is 22.6. The van der Waals surface area contributed by atoms with Gasteiger partial charge in [-0.3, -0.25) is 32.5 Å². The van der Waals surface area contributed by atoms with Crippen LogP contribution >= 0.6 is 35.2 Å². The first-order valence-corrected chi connectivity index (χ1v) is 27.2. The van der Waals surface area contributed by atoms with Crippen LogP contribution in [0.4, 0.5) is 5.82 Å². The normalized spacial score (nSPS) is 20.4. The molecule has 67 heavy (non-hydrogen) atoms. The zero-order chi connectivity index (χ0) is 49.1. The second-order valence-corrected chi connectivity index (χ2v) is 21.9. The van der Waals surface area contributed by atoms with Gasteiger partial charge in [0.25, 0.3) is 0 Å². The van der Waals surface area contributed by atoms with Crippen LogP contribution in [0.3, 0.4) is 0 Å². The van der Waals surface area contributed by atoms with Crippen molar-refractivity contribution in [1.82, 2.24) is 30.2 Å². The average molecular weight is 1040 g/mol. The zero-order valence-electron chi connectivity index (χ0n) is 38.3. The number of aliphatic hydroxyl groups is 3. The summed E-state index contributed by atoms with van der Waals surface area (Å²) in [6, 6.07) is 0. The molecule has 0 bridgehead atoms. The number of amides is 2. The van der Waals surface area contributed by atoms with Crippen LogP contribution in [-0.4, -0.2) is 163 Å². The second kappa shape index (κ2) is 29.8. The van der Waals surface area contributed by atoms with Crippen molar-refractivity contribution >= 4 is 98.7 Å². The number of rotatable bonds is 33. The van der Waals surface area contributed by atoms with Crippen LogP contribution in [0.1, 0.15) is 117 Å². The predicted molar refractivity (Wildman–Crippen MR) is 245 cm³/mol. The van der Waals surface area contributed by atoms with Gasteiger partial charge < -0.3 is 56.0 Å². The van der Waals surface area contributed by atoms with Gasteiger partial charge in [0.05, 0.1) is 25.6 Å². The molecule has 0 spiro atoms. The van der Waals surface area contributed by atoms with Crippen molar-refractivity contribution in [2.75, 3.05) is 37.8 Å². The number of phosphoric ester groups is 3. The van der Waals surface area contributed by atoms with Gasteiger partial charge in [-0.2, -0.15) is 4.31 Å². The van der Waals surface area contributed by atoms with E-state index in [4.69, 9.17) is 19.5 Å². The molecule has 1 fully saturated rings. The average Bonchev–Trinajstić information content (AvgIpc) is 3.79. The van der Waals surface area contributed by atoms with Crippen molar-refractivity contribution in [2.24, 2.45) is 5.41 Å². The topological polar surface area (TPSA) is 384 Å². The number of nitrogen functional groups attached to an aromatic ring is 1. The van der Waals surface area contributed by atoms with Crippen molar-refractivity contribution in [2.45, 2.75) is 147 Å². The number of nitrogens with zero attached hydrogens (tertiary/aromatic N) is 4. The summed E-state index contributed by atoms with van der Waals surface area (Å²) >= 11 is 0.998. The van der Waals surface area contributed by atoms with E-state index in [0.717, 1.165) is 48.2 Å². The number of unbranched alkanes of at least 4 members (excludes halogenated alkanes) is 10. The molecule has 25 nitrogen and oxygen atoms in total. The molecule has 0 aromatic carbocycles. The van der Waals surface area contributed by atoms with Crippen molar-refractivity contribution in [3.63, 3.8) is 0 Å². The Hall–Kier alpha value is -1.48. The molecular weight excluding hydrogens is 978 g/mol. The Bertz CT molecular complexity index is 2000. The maximum absolute atomic E-state index is 12.7. The van der Waals surface area contributed by atoms with E-state index in [1.54, 1.807) is 0 Å². The standard InChI is InChI=1S/C37H66N7O18P3S.Na/c1-4-5-6-7-8-9-10-11-12-13-14-15-25(45)20-28(47)66-19-18-39-27(46)16-17-40-35(50)32(49)37(2,3)22-59-65(56,57)62-64(54,55)58-21-26-31(61-63(51,52)53)30(48)36(60-26)44-24-43-29-33(38)41-23-42-34(29)44;/h23-26,30-32,36,45,48-49H,4-22H2,1-3H3,(H,39,46)(H,40,50)(H,54,55)(H,56,57)(H2,38,41,42)(H2,51,52,53);/t25-,26+,30+,31+,32-,36+;/m0./s1. The molecule has 2 amide bonds. The van der Waals surface area contributed by atoms with Crippen molar-refractivity contribution < 1.29 is 85.6 Å². The number of thioether (sulfide) groups is 1. The molecule has 8 atom stereocenters. The molecule has 2 unspecified atom stereocenters. The molecule has 0 saturated carbocycles. The molecule has 1 saturated heterocycles. The first kappa shape index (κ1) is 61.6. The molecule has 1 aliphatic rings. The van der Waals surface area contributed by atoms with Crippen LogP contribution in [0.2, 0.25) is 0 Å². The number of anilines is 1. The molecule has 3 heterocycles. The zero-order valence-corrected chi connectivity index (χ0v) is 43.8. The molecule has 2 aromatic heterocycles. The predicted octanol–water partition coefficient (Wildman–Crippen LogP) is 2.74. The van der Waals surface area contributed by atoms with E-state index in [1.807, 2.05) is 0 Å². The van der Waals surface area contributed by atoms with E-state index in [2.05, 4.69) is 41.3 Å². The number of nitrogens with two attached hydrogens (primary N) is 1. The summed E-state index contributed by atoms with van der Waals surface area (Å²) in [7, 11) is -16.4. The number of carbonyl (C=O) groups is 3. The fraction of sp³-hybridized carbons (Fsp3) is 0.784. The Morgan fingerprint density at radius 3 is 2.15 bits per heavy atom. The summed E-state index contributed by atoms with van der Waals surface area (Å²) in [5.74, 6) is -1.22. The first-order valence-electron chi connectivity index (χ1n) is 21.7. The van der Waals surface area contributed by atoms with Gasteiger partial charge in [-0.25, -0.2) is 28.6 Å². The summed E-state index contributed by atoms with van der Waals surface area (Å²) in [6.45, 7) is 2.61. The third-order valence-corrected chi connectivity index (χ3v) is 14.3. The molecule has 2 aromatic rings. The van der Waals surface area contributed by atoms with Crippen LogP contribution in [0.15, 0.2) is 12.7 Å². The largest absolute Gasteiger partial charge is 0.481 e. The van der Waals surface area contributed by atoms with Crippen LogP contribution in [0, 0.1) is 5.41 Å². The van der Waals surface area contributed by atoms with Crippen molar-refractivity contribution in [3.05, 3.63) is 12.7 Å². The number of aliphatic hydroxyl groups excluding tert-OH is 3. The summed E-state index contributed by atoms with van der Waals surface area (Å²) in [6.07, 6.45) is 6.04. The summed E-state index contributed by atoms with van der Waals surface area (Å²) in [4.78, 5) is 88.3. The maximum Gasteiger partial charge on any atom is 0.481 e. The number of phosphoric acid groups is 3. The van der Waals surface area contributed by atoms with E-state index in [-0.39, 0.29) is 83.3 Å². The Balaban J connectivity index is 0.0000154. The van der Waals surface area contributed by atoms with E-state index in [0.29, 0.717) is 6.42 Å². The van der Waals surface area contributed by atoms with Gasteiger partial charge in [0.1, 0.15) is 36.3 Å². The molecular formula is C37H66N7NaO18P3S. The molecule has 11 N–H and O–H groups in total. The minimum Gasteiger partial charge on any atom is -0.393 e. The van der Waals surface area contributed by atoms with E-state index < -0.39 is 90.7 Å². The Kier molecular flexibility index (Phi) is 27.4. The fourth-order valence-corrected chi connectivity index (χ4v) is 10.3. The number of imidazole rings is 1. The number of hydrogen-bond acceptors (Lipinski definition) is 19. The van der Waals surface area contributed by atoms with Crippen molar-refractivity contribution in [3.8, 4) is 0 Å². The SMILES string of the molecule is CCCCCCCCCCCCC[C@H](O)CC(=O)SCCNC(=O)CCNC(=O)[C@H](O)C(C)(C)COP(=O)(O)OP(=O)(O)OC[C@H]1O[C@@H](n2cnc3c(N)ncnc32)[C@H](O)[C@@H]1OP(=O)(O)O.[Na]. The monoisotopic (exact) mass is 1040 g/mol. The number of carbonyl (C=O) groups excluding carboxylic acids is 3. The smallest absolute Gasteiger partial charge is 0.393 e. The van der Waals surface area contributed by atoms with Crippen LogP contribution < -0.4 is 16.4 Å². The number of fused-ring (bicyclic) bond motifs is 1. The molecule has 379 valence electrons. The van der Waals surface area contributed by atoms with Gasteiger partial charge in [0.15, 0.2) is 22.8 Å².